The highest BCUT2D eigenvalue weighted by Gasteiger charge is 2.23. The summed E-state index contributed by atoms with van der Waals surface area (Å²) in [5.74, 6) is 2.81. The highest BCUT2D eigenvalue weighted by molar-refractivity contribution is 7.17. The highest BCUT2D eigenvalue weighted by Crippen LogP contribution is 2.37. The van der Waals surface area contributed by atoms with E-state index in [1.807, 2.05) is 24.8 Å². The molecular weight excluding hydrogens is 382 g/mol. The van der Waals surface area contributed by atoms with Crippen LogP contribution in [-0.4, -0.2) is 49.8 Å². The molecule has 0 bridgehead atoms. The van der Waals surface area contributed by atoms with Crippen molar-refractivity contribution in [1.82, 2.24) is 29.6 Å². The van der Waals surface area contributed by atoms with E-state index in [-0.39, 0.29) is 6.04 Å². The predicted molar refractivity (Wildman–Crippen MR) is 116 cm³/mol. The molecule has 1 aliphatic rings. The zero-order valence-corrected chi connectivity index (χ0v) is 17.4. The van der Waals surface area contributed by atoms with E-state index in [9.17, 15) is 0 Å². The zero-order chi connectivity index (χ0) is 19.8. The molecule has 0 saturated carbocycles. The number of aryl methyl sites for hydroxylation is 1. The predicted octanol–water partition coefficient (Wildman–Crippen LogP) is 3.44. The second-order valence-electron chi connectivity index (χ2n) is 7.66. The lowest BCUT2D eigenvalue weighted by Crippen LogP contribution is -2.32. The Morgan fingerprint density at radius 3 is 2.90 bits per heavy atom. The maximum atomic E-state index is 4.93. The number of hydrogen-bond acceptors (Lipinski definition) is 7. The Hall–Kier alpha value is -2.84. The Morgan fingerprint density at radius 1 is 1.21 bits per heavy atom. The third-order valence-corrected chi connectivity index (χ3v) is 6.04. The number of anilines is 1. The molecule has 0 saturated heterocycles. The first kappa shape index (κ1) is 18.2. The minimum absolute atomic E-state index is 0.262. The van der Waals surface area contributed by atoms with Crippen LogP contribution in [0, 0.1) is 0 Å². The number of benzene rings is 1. The molecule has 1 aliphatic heterocycles. The molecule has 1 aromatic carbocycles. The van der Waals surface area contributed by atoms with Crippen LogP contribution < -0.4 is 5.32 Å². The molecule has 0 amide bonds. The van der Waals surface area contributed by atoms with E-state index < -0.39 is 0 Å². The summed E-state index contributed by atoms with van der Waals surface area (Å²) < 4.78 is 1.99. The molecule has 0 radical (unpaired) electrons. The molecule has 0 spiro atoms. The second-order valence-corrected chi connectivity index (χ2v) is 8.52. The largest absolute Gasteiger partial charge is 0.365 e. The summed E-state index contributed by atoms with van der Waals surface area (Å²) in [4.78, 5) is 17.2. The van der Waals surface area contributed by atoms with Crippen molar-refractivity contribution in [1.29, 1.82) is 0 Å². The topological polar surface area (TPSA) is 71.8 Å². The minimum atomic E-state index is 0.262. The average Bonchev–Trinajstić information content (AvgIpc) is 3.34. The molecule has 7 nitrogen and oxygen atoms in total. The van der Waals surface area contributed by atoms with Gasteiger partial charge in [0.25, 0.3) is 0 Å². The maximum Gasteiger partial charge on any atom is 0.146 e. The van der Waals surface area contributed by atoms with Gasteiger partial charge in [-0.25, -0.2) is 19.6 Å². The summed E-state index contributed by atoms with van der Waals surface area (Å²) in [6.45, 7) is 1.51. The van der Waals surface area contributed by atoms with Crippen molar-refractivity contribution in [3.8, 4) is 11.1 Å². The fourth-order valence-corrected chi connectivity index (χ4v) is 4.79. The van der Waals surface area contributed by atoms with Crippen molar-refractivity contribution in [3.05, 3.63) is 53.7 Å². The molecule has 148 valence electrons. The summed E-state index contributed by atoms with van der Waals surface area (Å²) in [6, 6.07) is 10.7. The van der Waals surface area contributed by atoms with Crippen LogP contribution in [0.25, 0.3) is 21.3 Å². The van der Waals surface area contributed by atoms with Gasteiger partial charge in [0.15, 0.2) is 0 Å². The van der Waals surface area contributed by atoms with E-state index in [0.717, 1.165) is 47.1 Å². The van der Waals surface area contributed by atoms with Crippen LogP contribution in [-0.2, 0) is 19.5 Å². The van der Waals surface area contributed by atoms with Crippen LogP contribution in [0.1, 0.15) is 18.1 Å². The van der Waals surface area contributed by atoms with Crippen molar-refractivity contribution in [2.24, 2.45) is 0 Å². The molecule has 1 N–H and O–H groups in total. The van der Waals surface area contributed by atoms with Crippen molar-refractivity contribution >= 4 is 27.4 Å². The van der Waals surface area contributed by atoms with Gasteiger partial charge >= 0.3 is 0 Å². The number of hydrogen-bond donors (Lipinski definition) is 1. The van der Waals surface area contributed by atoms with Crippen molar-refractivity contribution in [2.75, 3.05) is 19.4 Å². The SMILES string of the molecule is CN(C)Cc1nc(NC2CCc3ncnn3C2)c2c(-c3ccccc3)csc2n1. The summed E-state index contributed by atoms with van der Waals surface area (Å²) in [7, 11) is 4.08. The first-order chi connectivity index (χ1) is 14.2. The Morgan fingerprint density at radius 2 is 2.07 bits per heavy atom. The van der Waals surface area contributed by atoms with Gasteiger partial charge in [-0.15, -0.1) is 11.3 Å². The molecule has 1 atom stereocenters. The van der Waals surface area contributed by atoms with Gasteiger partial charge in [0.2, 0.25) is 0 Å². The molecule has 1 unspecified atom stereocenters. The van der Waals surface area contributed by atoms with Gasteiger partial charge in [-0.1, -0.05) is 30.3 Å². The normalized spacial score (nSPS) is 16.3. The Bertz CT molecular complexity index is 1130. The van der Waals surface area contributed by atoms with E-state index >= 15 is 0 Å². The molecule has 4 aromatic rings. The first-order valence-electron chi connectivity index (χ1n) is 9.79. The Balaban J connectivity index is 1.56. The third kappa shape index (κ3) is 3.61. The minimum Gasteiger partial charge on any atom is -0.365 e. The number of fused-ring (bicyclic) bond motifs is 2. The molecule has 0 aliphatic carbocycles. The van der Waals surface area contributed by atoms with Gasteiger partial charge in [0, 0.05) is 23.4 Å². The van der Waals surface area contributed by atoms with Crippen LogP contribution in [0.3, 0.4) is 0 Å². The number of nitrogens with one attached hydrogen (secondary N) is 1. The fraction of sp³-hybridized carbons (Fsp3) is 0.333. The Kier molecular flexibility index (Phi) is 4.73. The lowest BCUT2D eigenvalue weighted by molar-refractivity contribution is 0.391. The molecule has 4 heterocycles. The second kappa shape index (κ2) is 7.53. The van der Waals surface area contributed by atoms with Crippen molar-refractivity contribution in [3.63, 3.8) is 0 Å². The van der Waals surface area contributed by atoms with Crippen LogP contribution in [0.15, 0.2) is 42.0 Å². The molecule has 29 heavy (non-hydrogen) atoms. The summed E-state index contributed by atoms with van der Waals surface area (Å²) in [5, 5.41) is 11.4. The summed E-state index contributed by atoms with van der Waals surface area (Å²) in [5.41, 5.74) is 2.37. The van der Waals surface area contributed by atoms with E-state index in [4.69, 9.17) is 9.97 Å². The van der Waals surface area contributed by atoms with Crippen LogP contribution in [0.5, 0.6) is 0 Å². The Labute approximate surface area is 173 Å². The lowest BCUT2D eigenvalue weighted by atomic mass is 10.0. The molecule has 0 fully saturated rings. The number of aromatic nitrogens is 5. The van der Waals surface area contributed by atoms with Gasteiger partial charge in [-0.2, -0.15) is 5.10 Å². The van der Waals surface area contributed by atoms with Gasteiger partial charge in [0.05, 0.1) is 18.5 Å². The van der Waals surface area contributed by atoms with Gasteiger partial charge in [-0.3, -0.25) is 0 Å². The summed E-state index contributed by atoms with van der Waals surface area (Å²) in [6.07, 6.45) is 3.58. The molecule has 5 rings (SSSR count). The van der Waals surface area contributed by atoms with E-state index in [1.165, 1.54) is 11.1 Å². The fourth-order valence-electron chi connectivity index (χ4n) is 3.82. The van der Waals surface area contributed by atoms with E-state index in [2.05, 4.69) is 49.9 Å². The van der Waals surface area contributed by atoms with Gasteiger partial charge in [-0.05, 0) is 26.1 Å². The first-order valence-corrected chi connectivity index (χ1v) is 10.7. The number of rotatable bonds is 5. The van der Waals surface area contributed by atoms with Crippen LogP contribution >= 0.6 is 11.3 Å². The number of thiophene rings is 1. The lowest BCUT2D eigenvalue weighted by Gasteiger charge is -2.25. The third-order valence-electron chi connectivity index (χ3n) is 5.17. The molecule has 3 aromatic heterocycles. The van der Waals surface area contributed by atoms with Crippen molar-refractivity contribution < 1.29 is 0 Å². The standard InChI is InChI=1S/C21H23N7S/c1-27(2)11-17-25-20(24-15-8-9-18-22-13-23-28(18)10-15)19-16(12-29-21(19)26-17)14-6-4-3-5-7-14/h3-7,12-13,15H,8-11H2,1-2H3,(H,24,25,26). The summed E-state index contributed by atoms with van der Waals surface area (Å²) >= 11 is 1.68. The number of nitrogens with zero attached hydrogens (tertiary/aromatic N) is 6. The quantitative estimate of drug-likeness (QED) is 0.548. The monoisotopic (exact) mass is 405 g/mol. The molecule has 8 heteroatoms. The average molecular weight is 406 g/mol. The van der Waals surface area contributed by atoms with Gasteiger partial charge in [0.1, 0.15) is 28.6 Å². The van der Waals surface area contributed by atoms with Crippen molar-refractivity contribution in [2.45, 2.75) is 32.0 Å². The highest BCUT2D eigenvalue weighted by atomic mass is 32.1. The molecular formula is C21H23N7S. The van der Waals surface area contributed by atoms with Crippen LogP contribution in [0.2, 0.25) is 0 Å². The maximum absolute atomic E-state index is 4.93. The smallest absolute Gasteiger partial charge is 0.146 e. The van der Waals surface area contributed by atoms with Crippen LogP contribution in [0.4, 0.5) is 5.82 Å². The zero-order valence-electron chi connectivity index (χ0n) is 16.5. The van der Waals surface area contributed by atoms with E-state index in [0.29, 0.717) is 6.54 Å². The van der Waals surface area contributed by atoms with Gasteiger partial charge < -0.3 is 10.2 Å². The van der Waals surface area contributed by atoms with E-state index in [1.54, 1.807) is 17.7 Å².